The second kappa shape index (κ2) is 7.77. The Morgan fingerprint density at radius 3 is 2.59 bits per heavy atom. The number of carbonyl (C=O) groups excluding carboxylic acids is 2. The van der Waals surface area contributed by atoms with Gasteiger partial charge in [-0.05, 0) is 24.3 Å². The van der Waals surface area contributed by atoms with E-state index in [1.807, 2.05) is 18.2 Å². The number of halogens is 2. The summed E-state index contributed by atoms with van der Waals surface area (Å²) in [7, 11) is 0. The molecule has 0 spiro atoms. The van der Waals surface area contributed by atoms with Crippen LogP contribution in [-0.4, -0.2) is 23.3 Å². The summed E-state index contributed by atoms with van der Waals surface area (Å²) in [4.78, 5) is 27.6. The zero-order valence-corrected chi connectivity index (χ0v) is 13.0. The van der Waals surface area contributed by atoms with E-state index >= 15 is 0 Å². The van der Waals surface area contributed by atoms with Crippen molar-refractivity contribution in [3.8, 4) is 0 Å². The van der Waals surface area contributed by atoms with Crippen LogP contribution < -0.4 is 10.6 Å². The molecule has 0 bridgehead atoms. The quantitative estimate of drug-likeness (QED) is 0.842. The van der Waals surface area contributed by atoms with Gasteiger partial charge in [-0.3, -0.25) is 14.6 Å². The van der Waals surface area contributed by atoms with Crippen LogP contribution in [0.3, 0.4) is 0 Å². The molecule has 0 fully saturated rings. The van der Waals surface area contributed by atoms with Crippen LogP contribution in [0.4, 0.5) is 5.69 Å². The molecular weight excluding hydrogens is 325 g/mol. The molecule has 7 heteroatoms. The lowest BCUT2D eigenvalue weighted by molar-refractivity contribution is -0.136. The van der Waals surface area contributed by atoms with Crippen LogP contribution in [0, 0.1) is 0 Å². The van der Waals surface area contributed by atoms with Crippen LogP contribution in [0.5, 0.6) is 0 Å². The summed E-state index contributed by atoms with van der Waals surface area (Å²) < 4.78 is 0. The van der Waals surface area contributed by atoms with E-state index in [0.29, 0.717) is 23.7 Å². The van der Waals surface area contributed by atoms with Crippen LogP contribution in [0.25, 0.3) is 0 Å². The third-order valence-electron chi connectivity index (χ3n) is 2.80. The van der Waals surface area contributed by atoms with Gasteiger partial charge in [-0.15, -0.1) is 0 Å². The summed E-state index contributed by atoms with van der Waals surface area (Å²) in [6, 6.07) is 10.3. The lowest BCUT2D eigenvalue weighted by Crippen LogP contribution is -2.36. The van der Waals surface area contributed by atoms with Crippen molar-refractivity contribution in [3.05, 3.63) is 58.3 Å². The van der Waals surface area contributed by atoms with Gasteiger partial charge < -0.3 is 10.6 Å². The Bertz CT molecular complexity index is 678. The number of amides is 2. The zero-order chi connectivity index (χ0) is 15.9. The van der Waals surface area contributed by atoms with Gasteiger partial charge in [0.05, 0.1) is 15.7 Å². The van der Waals surface area contributed by atoms with E-state index in [4.69, 9.17) is 23.2 Å². The van der Waals surface area contributed by atoms with Gasteiger partial charge in [0, 0.05) is 24.9 Å². The number of hydrogen-bond donors (Lipinski definition) is 2. The predicted octanol–water partition coefficient (Wildman–Crippen LogP) is 2.69. The number of nitrogens with one attached hydrogen (secondary N) is 2. The number of aromatic nitrogens is 1. The average Bonchev–Trinajstić information content (AvgIpc) is 2.52. The molecule has 0 aliphatic heterocycles. The molecule has 1 aromatic carbocycles. The highest BCUT2D eigenvalue weighted by Crippen LogP contribution is 2.29. The molecule has 2 aromatic rings. The van der Waals surface area contributed by atoms with Crippen molar-refractivity contribution in [2.24, 2.45) is 0 Å². The van der Waals surface area contributed by atoms with Crippen molar-refractivity contribution >= 4 is 40.7 Å². The van der Waals surface area contributed by atoms with Crippen molar-refractivity contribution in [1.29, 1.82) is 0 Å². The molecule has 22 heavy (non-hydrogen) atoms. The van der Waals surface area contributed by atoms with E-state index in [0.717, 1.165) is 5.69 Å². The zero-order valence-electron chi connectivity index (χ0n) is 11.5. The van der Waals surface area contributed by atoms with Crippen LogP contribution in [-0.2, 0) is 16.0 Å². The van der Waals surface area contributed by atoms with Crippen molar-refractivity contribution < 1.29 is 9.59 Å². The van der Waals surface area contributed by atoms with Gasteiger partial charge in [0.1, 0.15) is 0 Å². The summed E-state index contributed by atoms with van der Waals surface area (Å²) in [5.41, 5.74) is 1.13. The highest BCUT2D eigenvalue weighted by molar-refractivity contribution is 6.45. The first-order valence-electron chi connectivity index (χ1n) is 6.51. The number of carbonyl (C=O) groups is 2. The van der Waals surface area contributed by atoms with E-state index < -0.39 is 11.8 Å². The maximum atomic E-state index is 11.8. The monoisotopic (exact) mass is 337 g/mol. The molecular formula is C15H13Cl2N3O2. The summed E-state index contributed by atoms with van der Waals surface area (Å²) in [5.74, 6) is -1.54. The molecule has 0 saturated carbocycles. The molecule has 0 aliphatic carbocycles. The van der Waals surface area contributed by atoms with Crippen molar-refractivity contribution in [3.63, 3.8) is 0 Å². The molecule has 0 unspecified atom stereocenters. The Balaban J connectivity index is 1.85. The molecule has 2 rings (SSSR count). The summed E-state index contributed by atoms with van der Waals surface area (Å²) in [6.07, 6.45) is 2.21. The first-order chi connectivity index (χ1) is 10.6. The maximum absolute atomic E-state index is 11.8. The van der Waals surface area contributed by atoms with Crippen molar-refractivity contribution in [1.82, 2.24) is 10.3 Å². The fourth-order valence-corrected chi connectivity index (χ4v) is 2.06. The van der Waals surface area contributed by atoms with Crippen molar-refractivity contribution in [2.45, 2.75) is 6.42 Å². The lowest BCUT2D eigenvalue weighted by Gasteiger charge is -2.08. The molecule has 0 radical (unpaired) electrons. The molecule has 0 saturated heterocycles. The van der Waals surface area contributed by atoms with E-state index in [2.05, 4.69) is 15.6 Å². The van der Waals surface area contributed by atoms with Crippen LogP contribution in [0.1, 0.15) is 5.69 Å². The summed E-state index contributed by atoms with van der Waals surface area (Å²) in [5, 5.41) is 5.43. The van der Waals surface area contributed by atoms with E-state index in [1.54, 1.807) is 24.4 Å². The smallest absolute Gasteiger partial charge is 0.313 e. The fourth-order valence-electron chi connectivity index (χ4n) is 1.71. The summed E-state index contributed by atoms with van der Waals surface area (Å²) in [6.45, 7) is 0.312. The Kier molecular flexibility index (Phi) is 5.75. The predicted molar refractivity (Wildman–Crippen MR) is 86.0 cm³/mol. The Hall–Kier alpha value is -2.11. The molecule has 5 nitrogen and oxygen atoms in total. The molecule has 114 valence electrons. The van der Waals surface area contributed by atoms with Crippen molar-refractivity contribution in [2.75, 3.05) is 11.9 Å². The number of nitrogens with zero attached hydrogens (tertiary/aromatic N) is 1. The maximum Gasteiger partial charge on any atom is 0.313 e. The number of anilines is 1. The lowest BCUT2D eigenvalue weighted by atomic mass is 10.2. The third-order valence-corrected chi connectivity index (χ3v) is 3.62. The minimum atomic E-state index is -0.801. The Labute approximate surface area is 137 Å². The first-order valence-corrected chi connectivity index (χ1v) is 7.26. The van der Waals surface area contributed by atoms with E-state index in [-0.39, 0.29) is 5.02 Å². The van der Waals surface area contributed by atoms with Gasteiger partial charge in [0.2, 0.25) is 0 Å². The number of hydrogen-bond acceptors (Lipinski definition) is 3. The third kappa shape index (κ3) is 4.44. The fraction of sp³-hybridized carbons (Fsp3) is 0.133. The van der Waals surface area contributed by atoms with Gasteiger partial charge in [0.25, 0.3) is 0 Å². The van der Waals surface area contributed by atoms with Gasteiger partial charge in [0.15, 0.2) is 0 Å². The SMILES string of the molecule is O=C(NCCc1ccccn1)C(=O)Nc1cccc(Cl)c1Cl. The molecule has 0 aliphatic rings. The number of pyridine rings is 1. The number of benzene rings is 1. The molecule has 1 heterocycles. The van der Waals surface area contributed by atoms with Gasteiger partial charge in [-0.2, -0.15) is 0 Å². The second-order valence-corrected chi connectivity index (χ2v) is 5.17. The second-order valence-electron chi connectivity index (χ2n) is 4.38. The van der Waals surface area contributed by atoms with Crippen LogP contribution in [0.15, 0.2) is 42.6 Å². The molecule has 2 N–H and O–H groups in total. The van der Waals surface area contributed by atoms with Gasteiger partial charge in [-0.1, -0.05) is 35.3 Å². The molecule has 1 aromatic heterocycles. The van der Waals surface area contributed by atoms with Crippen LogP contribution >= 0.6 is 23.2 Å². The van der Waals surface area contributed by atoms with Crippen LogP contribution in [0.2, 0.25) is 10.0 Å². The van der Waals surface area contributed by atoms with Gasteiger partial charge in [-0.25, -0.2) is 0 Å². The highest BCUT2D eigenvalue weighted by Gasteiger charge is 2.15. The highest BCUT2D eigenvalue weighted by atomic mass is 35.5. The minimum Gasteiger partial charge on any atom is -0.347 e. The topological polar surface area (TPSA) is 71.1 Å². The van der Waals surface area contributed by atoms with Gasteiger partial charge >= 0.3 is 11.8 Å². The standard InChI is InChI=1S/C15H13Cl2N3O2/c16-11-5-3-6-12(13(11)17)20-15(22)14(21)19-9-7-10-4-1-2-8-18-10/h1-6,8H,7,9H2,(H,19,21)(H,20,22). The minimum absolute atomic E-state index is 0.193. The Morgan fingerprint density at radius 1 is 1.05 bits per heavy atom. The van der Waals surface area contributed by atoms with E-state index in [1.165, 1.54) is 0 Å². The normalized spacial score (nSPS) is 10.1. The number of rotatable bonds is 4. The Morgan fingerprint density at radius 2 is 1.86 bits per heavy atom. The summed E-state index contributed by atoms with van der Waals surface area (Å²) >= 11 is 11.8. The van der Waals surface area contributed by atoms with E-state index in [9.17, 15) is 9.59 Å². The molecule has 2 amide bonds. The molecule has 0 atom stereocenters. The largest absolute Gasteiger partial charge is 0.347 e. The average molecular weight is 338 g/mol. The first kappa shape index (κ1) is 16.3.